The molecular weight excluding hydrogens is 446 g/mol. The first-order valence-corrected chi connectivity index (χ1v) is 8.83. The molecule has 0 fully saturated rings. The number of nitriles is 1. The standard InChI is InChI=1S/C13H7Cl2IN2O2S/c14-9-2-4-12(11(16)6-9)18-21(19,20)13-5-8(7-17)1-3-10(13)15/h1-6,18H. The van der Waals surface area contributed by atoms with Crippen molar-refractivity contribution >= 4 is 61.5 Å². The van der Waals surface area contributed by atoms with Gasteiger partial charge < -0.3 is 0 Å². The van der Waals surface area contributed by atoms with Crippen molar-refractivity contribution < 1.29 is 8.42 Å². The monoisotopic (exact) mass is 452 g/mol. The second kappa shape index (κ2) is 6.40. The summed E-state index contributed by atoms with van der Waals surface area (Å²) >= 11 is 13.7. The van der Waals surface area contributed by atoms with E-state index in [1.165, 1.54) is 18.2 Å². The Bertz CT molecular complexity index is 848. The van der Waals surface area contributed by atoms with Crippen molar-refractivity contribution in [3.8, 4) is 6.07 Å². The van der Waals surface area contributed by atoms with Gasteiger partial charge in [0.1, 0.15) is 4.90 Å². The molecule has 0 aliphatic rings. The first kappa shape index (κ1) is 16.4. The van der Waals surface area contributed by atoms with Gasteiger partial charge in [-0.2, -0.15) is 5.26 Å². The highest BCUT2D eigenvalue weighted by Gasteiger charge is 2.19. The van der Waals surface area contributed by atoms with Crippen molar-refractivity contribution in [2.24, 2.45) is 0 Å². The zero-order chi connectivity index (χ0) is 15.6. The second-order valence-corrected chi connectivity index (χ2v) is 7.64. The largest absolute Gasteiger partial charge is 0.279 e. The molecule has 0 unspecified atom stereocenters. The summed E-state index contributed by atoms with van der Waals surface area (Å²) in [5, 5.41) is 9.41. The Hall–Kier alpha value is -1.01. The number of rotatable bonds is 3. The smallest absolute Gasteiger partial charge is 0.263 e. The molecule has 0 amide bonds. The molecule has 0 atom stereocenters. The fourth-order valence-corrected chi connectivity index (χ4v) is 4.35. The van der Waals surface area contributed by atoms with Gasteiger partial charge in [0, 0.05) is 8.59 Å². The molecule has 1 N–H and O–H groups in total. The molecule has 0 aliphatic carbocycles. The van der Waals surface area contributed by atoms with Crippen LogP contribution in [0.1, 0.15) is 5.56 Å². The van der Waals surface area contributed by atoms with Gasteiger partial charge >= 0.3 is 0 Å². The van der Waals surface area contributed by atoms with Crippen molar-refractivity contribution in [2.75, 3.05) is 4.72 Å². The Morgan fingerprint density at radius 1 is 1.14 bits per heavy atom. The van der Waals surface area contributed by atoms with Gasteiger partial charge in [-0.1, -0.05) is 23.2 Å². The maximum Gasteiger partial charge on any atom is 0.263 e. The number of benzene rings is 2. The number of nitrogens with one attached hydrogen (secondary N) is 1. The summed E-state index contributed by atoms with van der Waals surface area (Å²) in [6.07, 6.45) is 0. The minimum absolute atomic E-state index is 0.0467. The van der Waals surface area contributed by atoms with Crippen LogP contribution in [0.5, 0.6) is 0 Å². The van der Waals surface area contributed by atoms with Gasteiger partial charge in [-0.05, 0) is 59.0 Å². The zero-order valence-electron chi connectivity index (χ0n) is 10.3. The molecule has 21 heavy (non-hydrogen) atoms. The molecule has 0 saturated carbocycles. The minimum atomic E-state index is -3.89. The number of anilines is 1. The summed E-state index contributed by atoms with van der Waals surface area (Å²) in [4.78, 5) is -0.144. The molecule has 8 heteroatoms. The Morgan fingerprint density at radius 3 is 2.48 bits per heavy atom. The predicted molar refractivity (Wildman–Crippen MR) is 91.1 cm³/mol. The Morgan fingerprint density at radius 2 is 1.86 bits per heavy atom. The van der Waals surface area contributed by atoms with E-state index in [0.717, 1.165) is 0 Å². The summed E-state index contributed by atoms with van der Waals surface area (Å²) < 4.78 is 27.9. The number of halogens is 3. The fourth-order valence-electron chi connectivity index (χ4n) is 1.55. The second-order valence-electron chi connectivity index (χ2n) is 3.99. The summed E-state index contributed by atoms with van der Waals surface area (Å²) in [5.41, 5.74) is 0.601. The lowest BCUT2D eigenvalue weighted by Crippen LogP contribution is -2.14. The van der Waals surface area contributed by atoms with Crippen LogP contribution in [-0.4, -0.2) is 8.42 Å². The lowest BCUT2D eigenvalue weighted by Gasteiger charge is -2.11. The van der Waals surface area contributed by atoms with Gasteiger partial charge in [-0.25, -0.2) is 8.42 Å². The van der Waals surface area contributed by atoms with Crippen LogP contribution in [0.15, 0.2) is 41.3 Å². The molecule has 2 aromatic rings. The summed E-state index contributed by atoms with van der Waals surface area (Å²) in [5.74, 6) is 0. The van der Waals surface area contributed by atoms with Crippen LogP contribution in [-0.2, 0) is 10.0 Å². The molecule has 0 radical (unpaired) electrons. The lowest BCUT2D eigenvalue weighted by atomic mass is 10.2. The highest BCUT2D eigenvalue weighted by molar-refractivity contribution is 14.1. The van der Waals surface area contributed by atoms with Crippen molar-refractivity contribution in [1.29, 1.82) is 5.26 Å². The van der Waals surface area contributed by atoms with Gasteiger partial charge in [-0.3, -0.25) is 4.72 Å². The van der Waals surface area contributed by atoms with Crippen LogP contribution in [0.2, 0.25) is 10.0 Å². The average Bonchev–Trinajstić information content (AvgIpc) is 2.42. The maximum absolute atomic E-state index is 12.4. The number of sulfonamides is 1. The third kappa shape index (κ3) is 3.80. The number of hydrogen-bond donors (Lipinski definition) is 1. The van der Waals surface area contributed by atoms with Crippen LogP contribution in [0.3, 0.4) is 0 Å². The van der Waals surface area contributed by atoms with Gasteiger partial charge in [0.05, 0.1) is 22.3 Å². The average molecular weight is 453 g/mol. The van der Waals surface area contributed by atoms with E-state index in [1.54, 1.807) is 18.2 Å². The third-order valence-electron chi connectivity index (χ3n) is 2.53. The molecule has 108 valence electrons. The van der Waals surface area contributed by atoms with Crippen LogP contribution in [0.25, 0.3) is 0 Å². The van der Waals surface area contributed by atoms with Crippen LogP contribution in [0, 0.1) is 14.9 Å². The topological polar surface area (TPSA) is 70.0 Å². The van der Waals surface area contributed by atoms with E-state index in [4.69, 9.17) is 28.5 Å². The highest BCUT2D eigenvalue weighted by atomic mass is 127. The normalized spacial score (nSPS) is 11.0. The minimum Gasteiger partial charge on any atom is -0.279 e. The molecule has 2 rings (SSSR count). The van der Waals surface area contributed by atoms with E-state index in [9.17, 15) is 8.42 Å². The van der Waals surface area contributed by atoms with Crippen LogP contribution < -0.4 is 4.72 Å². The zero-order valence-corrected chi connectivity index (χ0v) is 14.8. The molecule has 0 bridgehead atoms. The van der Waals surface area contributed by atoms with E-state index in [2.05, 4.69) is 4.72 Å². The molecule has 0 heterocycles. The molecule has 0 aliphatic heterocycles. The van der Waals surface area contributed by atoms with E-state index in [0.29, 0.717) is 14.3 Å². The Balaban J connectivity index is 2.46. The van der Waals surface area contributed by atoms with Crippen LogP contribution >= 0.6 is 45.8 Å². The SMILES string of the molecule is N#Cc1ccc(Cl)c(S(=O)(=O)Nc2ccc(Cl)cc2I)c1. The van der Waals surface area contributed by atoms with Gasteiger partial charge in [-0.15, -0.1) is 0 Å². The van der Waals surface area contributed by atoms with Crippen molar-refractivity contribution in [1.82, 2.24) is 0 Å². The predicted octanol–water partition coefficient (Wildman–Crippen LogP) is 4.27. The lowest BCUT2D eigenvalue weighted by molar-refractivity contribution is 0.601. The maximum atomic E-state index is 12.4. The summed E-state index contributed by atoms with van der Waals surface area (Å²) in [6, 6.07) is 10.7. The molecular formula is C13H7Cl2IN2O2S. The first-order valence-electron chi connectivity index (χ1n) is 5.51. The summed E-state index contributed by atoms with van der Waals surface area (Å²) in [7, 11) is -3.89. The van der Waals surface area contributed by atoms with E-state index in [-0.39, 0.29) is 15.5 Å². The molecule has 2 aromatic carbocycles. The molecule has 0 aromatic heterocycles. The molecule has 0 spiro atoms. The van der Waals surface area contributed by atoms with E-state index in [1.807, 2.05) is 28.7 Å². The quantitative estimate of drug-likeness (QED) is 0.707. The van der Waals surface area contributed by atoms with Gasteiger partial charge in [0.2, 0.25) is 0 Å². The van der Waals surface area contributed by atoms with Gasteiger partial charge in [0.15, 0.2) is 0 Å². The van der Waals surface area contributed by atoms with Crippen molar-refractivity contribution in [3.05, 3.63) is 55.6 Å². The van der Waals surface area contributed by atoms with E-state index >= 15 is 0 Å². The third-order valence-corrected chi connectivity index (χ3v) is 5.50. The highest BCUT2D eigenvalue weighted by Crippen LogP contribution is 2.28. The molecule has 0 saturated heterocycles. The number of hydrogen-bond acceptors (Lipinski definition) is 3. The Kier molecular flexibility index (Phi) is 4.99. The van der Waals surface area contributed by atoms with Crippen molar-refractivity contribution in [3.63, 3.8) is 0 Å². The first-order chi connectivity index (χ1) is 9.83. The van der Waals surface area contributed by atoms with E-state index < -0.39 is 10.0 Å². The molecule has 4 nitrogen and oxygen atoms in total. The van der Waals surface area contributed by atoms with Gasteiger partial charge in [0.25, 0.3) is 10.0 Å². The van der Waals surface area contributed by atoms with Crippen LogP contribution in [0.4, 0.5) is 5.69 Å². The summed E-state index contributed by atoms with van der Waals surface area (Å²) in [6.45, 7) is 0. The van der Waals surface area contributed by atoms with Crippen molar-refractivity contribution in [2.45, 2.75) is 4.90 Å². The number of nitrogens with zero attached hydrogens (tertiary/aromatic N) is 1. The Labute approximate surface area is 145 Å². The fraction of sp³-hybridized carbons (Fsp3) is 0.